The summed E-state index contributed by atoms with van der Waals surface area (Å²) in [5, 5.41) is 11.9. The Morgan fingerprint density at radius 1 is 1.44 bits per heavy atom. The van der Waals surface area contributed by atoms with Gasteiger partial charge in [-0.1, -0.05) is 13.8 Å². The Hall–Kier alpha value is -0.650. The Kier molecular flexibility index (Phi) is 9.18. The summed E-state index contributed by atoms with van der Waals surface area (Å²) < 4.78 is 5.00. The predicted molar refractivity (Wildman–Crippen MR) is 63.7 cm³/mol. The zero-order valence-electron chi connectivity index (χ0n) is 10.5. The van der Waals surface area contributed by atoms with Crippen molar-refractivity contribution in [2.45, 2.75) is 26.3 Å². The monoisotopic (exact) mass is 232 g/mol. The van der Waals surface area contributed by atoms with Gasteiger partial charge in [-0.15, -0.1) is 0 Å². The first-order valence-corrected chi connectivity index (χ1v) is 5.83. The van der Waals surface area contributed by atoms with Gasteiger partial charge in [-0.2, -0.15) is 0 Å². The fraction of sp³-hybridized carbons (Fsp3) is 0.909. The number of likely N-dealkylation sites (N-methyl/N-ethyl adjacent to an activating group) is 2. The van der Waals surface area contributed by atoms with Crippen molar-refractivity contribution in [3.05, 3.63) is 0 Å². The third-order valence-electron chi connectivity index (χ3n) is 2.54. The van der Waals surface area contributed by atoms with Gasteiger partial charge in [-0.05, 0) is 19.5 Å². The van der Waals surface area contributed by atoms with Gasteiger partial charge >= 0.3 is 5.97 Å². The van der Waals surface area contributed by atoms with Crippen LogP contribution < -0.4 is 5.32 Å². The number of hydrogen-bond acceptors (Lipinski definition) is 4. The summed E-state index contributed by atoms with van der Waals surface area (Å²) in [6.07, 6.45) is 0.626. The normalized spacial score (nSPS) is 13.0. The van der Waals surface area contributed by atoms with Gasteiger partial charge in [0.2, 0.25) is 0 Å². The Bertz CT molecular complexity index is 188. The maximum Gasteiger partial charge on any atom is 0.320 e. The van der Waals surface area contributed by atoms with Crippen molar-refractivity contribution in [1.82, 2.24) is 10.2 Å². The number of nitrogens with one attached hydrogen (secondary N) is 1. The molecule has 5 nitrogen and oxygen atoms in total. The van der Waals surface area contributed by atoms with E-state index in [4.69, 9.17) is 9.84 Å². The number of nitrogens with zero attached hydrogens (tertiary/aromatic N) is 1. The summed E-state index contributed by atoms with van der Waals surface area (Å²) in [6.45, 7) is 7.90. The number of ether oxygens (including phenoxy) is 1. The highest BCUT2D eigenvalue weighted by atomic mass is 16.5. The molecule has 1 atom stereocenters. The first-order chi connectivity index (χ1) is 7.65. The third kappa shape index (κ3) is 6.76. The summed E-state index contributed by atoms with van der Waals surface area (Å²) >= 11 is 0. The van der Waals surface area contributed by atoms with E-state index in [0.29, 0.717) is 19.6 Å². The lowest BCUT2D eigenvalue weighted by Gasteiger charge is -2.22. The number of aliphatic carboxylic acids is 1. The molecule has 0 spiro atoms. The van der Waals surface area contributed by atoms with Gasteiger partial charge in [-0.25, -0.2) is 0 Å². The third-order valence-corrected chi connectivity index (χ3v) is 2.54. The van der Waals surface area contributed by atoms with E-state index in [9.17, 15) is 4.79 Å². The minimum atomic E-state index is -0.773. The van der Waals surface area contributed by atoms with Crippen molar-refractivity contribution >= 4 is 5.97 Å². The molecule has 0 fully saturated rings. The van der Waals surface area contributed by atoms with Gasteiger partial charge in [0.15, 0.2) is 0 Å². The van der Waals surface area contributed by atoms with Crippen molar-refractivity contribution in [3.8, 4) is 0 Å². The summed E-state index contributed by atoms with van der Waals surface area (Å²) in [6, 6.07) is -0.443. The van der Waals surface area contributed by atoms with E-state index in [1.54, 1.807) is 7.11 Å². The molecule has 0 radical (unpaired) electrons. The van der Waals surface area contributed by atoms with Crippen LogP contribution in [0, 0.1) is 0 Å². The molecule has 0 saturated heterocycles. The molecular weight excluding hydrogens is 208 g/mol. The number of carboxylic acids is 1. The van der Waals surface area contributed by atoms with Crippen LogP contribution in [0.4, 0.5) is 0 Å². The molecule has 0 aromatic rings. The number of methoxy groups -OCH3 is 1. The Labute approximate surface area is 97.8 Å². The highest BCUT2D eigenvalue weighted by molar-refractivity contribution is 5.73. The standard InChI is InChI=1S/C11H24N2O3/c1-4-12-10(11(14)15)6-7-13(5-2)8-9-16-3/h10,12H,4-9H2,1-3H3,(H,14,15). The van der Waals surface area contributed by atoms with E-state index in [0.717, 1.165) is 19.6 Å². The molecule has 0 amide bonds. The molecular formula is C11H24N2O3. The van der Waals surface area contributed by atoms with Crippen LogP contribution in [-0.4, -0.2) is 61.9 Å². The summed E-state index contributed by atoms with van der Waals surface area (Å²) in [4.78, 5) is 13.1. The molecule has 0 heterocycles. The van der Waals surface area contributed by atoms with Crippen molar-refractivity contribution in [2.75, 3.05) is 39.9 Å². The van der Waals surface area contributed by atoms with Gasteiger partial charge in [0, 0.05) is 20.2 Å². The maximum atomic E-state index is 10.9. The van der Waals surface area contributed by atoms with Crippen LogP contribution in [0.2, 0.25) is 0 Å². The Balaban J connectivity index is 3.90. The molecule has 5 heteroatoms. The molecule has 0 rings (SSSR count). The number of rotatable bonds is 10. The van der Waals surface area contributed by atoms with Gasteiger partial charge < -0.3 is 20.1 Å². The molecule has 96 valence electrons. The highest BCUT2D eigenvalue weighted by Crippen LogP contribution is 1.97. The largest absolute Gasteiger partial charge is 0.480 e. The second-order valence-corrected chi connectivity index (χ2v) is 3.66. The SMILES string of the molecule is CCNC(CCN(CC)CCOC)C(=O)O. The second kappa shape index (κ2) is 9.57. The van der Waals surface area contributed by atoms with Gasteiger partial charge in [0.25, 0.3) is 0 Å². The minimum absolute atomic E-state index is 0.443. The van der Waals surface area contributed by atoms with Crippen LogP contribution in [0.25, 0.3) is 0 Å². The molecule has 0 aromatic carbocycles. The quantitative estimate of drug-likeness (QED) is 0.571. The van der Waals surface area contributed by atoms with E-state index >= 15 is 0 Å². The van der Waals surface area contributed by atoms with E-state index < -0.39 is 12.0 Å². The smallest absolute Gasteiger partial charge is 0.320 e. The van der Waals surface area contributed by atoms with Gasteiger partial charge in [0.1, 0.15) is 6.04 Å². The van der Waals surface area contributed by atoms with Gasteiger partial charge in [0.05, 0.1) is 6.61 Å². The van der Waals surface area contributed by atoms with Crippen molar-refractivity contribution in [2.24, 2.45) is 0 Å². The van der Waals surface area contributed by atoms with Gasteiger partial charge in [-0.3, -0.25) is 4.79 Å². The Morgan fingerprint density at radius 2 is 2.12 bits per heavy atom. The van der Waals surface area contributed by atoms with E-state index in [1.807, 2.05) is 6.92 Å². The average Bonchev–Trinajstić information content (AvgIpc) is 2.27. The minimum Gasteiger partial charge on any atom is -0.480 e. The summed E-state index contributed by atoms with van der Waals surface area (Å²) in [5.41, 5.74) is 0. The Morgan fingerprint density at radius 3 is 2.56 bits per heavy atom. The molecule has 16 heavy (non-hydrogen) atoms. The second-order valence-electron chi connectivity index (χ2n) is 3.66. The zero-order chi connectivity index (χ0) is 12.4. The van der Waals surface area contributed by atoms with Crippen LogP contribution >= 0.6 is 0 Å². The molecule has 1 unspecified atom stereocenters. The molecule has 0 bridgehead atoms. The number of hydrogen-bond donors (Lipinski definition) is 2. The maximum absolute atomic E-state index is 10.9. The first kappa shape index (κ1) is 15.3. The van der Waals surface area contributed by atoms with Crippen LogP contribution in [0.3, 0.4) is 0 Å². The van der Waals surface area contributed by atoms with Crippen LogP contribution in [0.15, 0.2) is 0 Å². The van der Waals surface area contributed by atoms with Crippen LogP contribution in [-0.2, 0) is 9.53 Å². The lowest BCUT2D eigenvalue weighted by atomic mass is 10.2. The summed E-state index contributed by atoms with van der Waals surface area (Å²) in [7, 11) is 1.67. The first-order valence-electron chi connectivity index (χ1n) is 5.83. The topological polar surface area (TPSA) is 61.8 Å². The lowest BCUT2D eigenvalue weighted by molar-refractivity contribution is -0.139. The average molecular weight is 232 g/mol. The fourth-order valence-electron chi connectivity index (χ4n) is 1.52. The molecule has 0 aliphatic rings. The van der Waals surface area contributed by atoms with E-state index in [-0.39, 0.29) is 0 Å². The number of carboxylic acid groups (broad SMARTS) is 1. The predicted octanol–water partition coefficient (Wildman–Crippen LogP) is 0.408. The van der Waals surface area contributed by atoms with Crippen molar-refractivity contribution in [3.63, 3.8) is 0 Å². The molecule has 0 aromatic heterocycles. The molecule has 0 saturated carbocycles. The molecule has 2 N–H and O–H groups in total. The summed E-state index contributed by atoms with van der Waals surface area (Å²) in [5.74, 6) is -0.773. The zero-order valence-corrected chi connectivity index (χ0v) is 10.5. The van der Waals surface area contributed by atoms with Crippen LogP contribution in [0.5, 0.6) is 0 Å². The van der Waals surface area contributed by atoms with E-state index in [1.165, 1.54) is 0 Å². The molecule has 0 aliphatic heterocycles. The molecule has 0 aliphatic carbocycles. The lowest BCUT2D eigenvalue weighted by Crippen LogP contribution is -2.40. The van der Waals surface area contributed by atoms with Crippen molar-refractivity contribution < 1.29 is 14.6 Å². The van der Waals surface area contributed by atoms with Crippen LogP contribution in [0.1, 0.15) is 20.3 Å². The van der Waals surface area contributed by atoms with Crippen molar-refractivity contribution in [1.29, 1.82) is 0 Å². The van der Waals surface area contributed by atoms with E-state index in [2.05, 4.69) is 17.1 Å². The highest BCUT2D eigenvalue weighted by Gasteiger charge is 2.16. The fourth-order valence-corrected chi connectivity index (χ4v) is 1.52. The number of carbonyl (C=O) groups is 1.